The molecule has 4 heteroatoms. The zero-order valence-electron chi connectivity index (χ0n) is 5.82. The van der Waals surface area contributed by atoms with Gasteiger partial charge in [-0.15, -0.1) is 11.3 Å². The van der Waals surface area contributed by atoms with Crippen molar-refractivity contribution in [1.82, 2.24) is 0 Å². The second kappa shape index (κ2) is 2.97. The molecule has 10 heavy (non-hydrogen) atoms. The van der Waals surface area contributed by atoms with Crippen LogP contribution in [0.2, 0.25) is 13.1 Å². The molecular weight excluding hydrogens is 248 g/mol. The summed E-state index contributed by atoms with van der Waals surface area (Å²) < 4.78 is 2.50. The molecule has 0 aromatic carbocycles. The molecule has 0 amide bonds. The summed E-state index contributed by atoms with van der Waals surface area (Å²) in [6, 6.07) is 4.16. The fourth-order valence-corrected chi connectivity index (χ4v) is 4.54. The van der Waals surface area contributed by atoms with E-state index in [1.165, 1.54) is 8.29 Å². The number of thiophene rings is 1. The highest BCUT2D eigenvalue weighted by Gasteiger charge is 2.21. The molecule has 0 aliphatic heterocycles. The summed E-state index contributed by atoms with van der Waals surface area (Å²) in [4.78, 5) is 0. The molecule has 1 aromatic heterocycles. The zero-order valence-corrected chi connectivity index (χ0v) is 9.98. The monoisotopic (exact) mass is 254 g/mol. The molecule has 0 fully saturated rings. The molecule has 1 heterocycles. The summed E-state index contributed by atoms with van der Waals surface area (Å²) in [6.07, 6.45) is 0. The molecule has 1 aromatic rings. The highest BCUT2D eigenvalue weighted by Crippen LogP contribution is 2.20. The Labute approximate surface area is 79.1 Å². The third kappa shape index (κ3) is 2.09. The Kier molecular flexibility index (Phi) is 2.61. The number of hydrogen-bond donors (Lipinski definition) is 0. The first-order chi connectivity index (χ1) is 4.50. The molecule has 0 nitrogen and oxygen atoms in total. The minimum Gasteiger partial charge on any atom is -0.161 e. The topological polar surface area (TPSA) is 0 Å². The highest BCUT2D eigenvalue weighted by atomic mass is 79.9. The first kappa shape index (κ1) is 8.78. The van der Waals surface area contributed by atoms with Crippen molar-refractivity contribution in [3.05, 3.63) is 15.9 Å². The van der Waals surface area contributed by atoms with E-state index in [0.717, 1.165) is 0 Å². The Balaban J connectivity index is 2.96. The summed E-state index contributed by atoms with van der Waals surface area (Å²) in [6.45, 7) is 4.26. The minimum absolute atomic E-state index is 1.17. The SMILES string of the molecule is C[Si](C)(Cl)c1ccc(Br)s1. The molecule has 0 N–H and O–H groups in total. The van der Waals surface area contributed by atoms with Crippen LogP contribution in [0.15, 0.2) is 15.9 Å². The van der Waals surface area contributed by atoms with E-state index < -0.39 is 7.38 Å². The Morgan fingerprint density at radius 1 is 1.50 bits per heavy atom. The predicted octanol–water partition coefficient (Wildman–Crippen LogP) is 3.16. The van der Waals surface area contributed by atoms with E-state index in [4.69, 9.17) is 11.1 Å². The second-order valence-corrected chi connectivity index (χ2v) is 11.7. The molecule has 56 valence electrons. The Bertz CT molecular complexity index is 228. The minimum atomic E-state index is -1.55. The zero-order chi connectivity index (χ0) is 7.78. The van der Waals surface area contributed by atoms with Crippen molar-refractivity contribution in [2.75, 3.05) is 0 Å². The van der Waals surface area contributed by atoms with Gasteiger partial charge in [0.25, 0.3) is 0 Å². The summed E-state index contributed by atoms with van der Waals surface area (Å²) in [5.74, 6) is 0. The van der Waals surface area contributed by atoms with Crippen molar-refractivity contribution >= 4 is 50.2 Å². The molecule has 0 radical (unpaired) electrons. The summed E-state index contributed by atoms with van der Waals surface area (Å²) in [5.41, 5.74) is 0. The summed E-state index contributed by atoms with van der Waals surface area (Å²) >= 11 is 11.3. The van der Waals surface area contributed by atoms with Gasteiger partial charge in [0.05, 0.1) is 3.79 Å². The van der Waals surface area contributed by atoms with Gasteiger partial charge in [-0.25, -0.2) is 0 Å². The molecule has 0 saturated carbocycles. The summed E-state index contributed by atoms with van der Waals surface area (Å²) in [7, 11) is -1.55. The molecule has 1 rings (SSSR count). The highest BCUT2D eigenvalue weighted by molar-refractivity contribution is 9.11. The van der Waals surface area contributed by atoms with Gasteiger partial charge in [0.1, 0.15) is 0 Å². The van der Waals surface area contributed by atoms with Gasteiger partial charge in [0.2, 0.25) is 0 Å². The van der Waals surface area contributed by atoms with Gasteiger partial charge in [-0.2, -0.15) is 11.1 Å². The largest absolute Gasteiger partial charge is 0.191 e. The molecular formula is C6H8BrClSSi. The predicted molar refractivity (Wildman–Crippen MR) is 55.0 cm³/mol. The lowest BCUT2D eigenvalue weighted by Gasteiger charge is -2.08. The maximum absolute atomic E-state index is 6.20. The van der Waals surface area contributed by atoms with Crippen molar-refractivity contribution in [1.29, 1.82) is 0 Å². The maximum atomic E-state index is 6.20. The Morgan fingerprint density at radius 3 is 2.30 bits per heavy atom. The number of hydrogen-bond acceptors (Lipinski definition) is 1. The second-order valence-electron chi connectivity index (χ2n) is 2.58. The Hall–Kier alpha value is 0.687. The molecule has 0 saturated heterocycles. The van der Waals surface area contributed by atoms with Gasteiger partial charge < -0.3 is 0 Å². The fourth-order valence-electron chi connectivity index (χ4n) is 0.634. The van der Waals surface area contributed by atoms with Crippen LogP contribution in [0.3, 0.4) is 0 Å². The van der Waals surface area contributed by atoms with E-state index in [0.29, 0.717) is 0 Å². The van der Waals surface area contributed by atoms with Crippen LogP contribution in [-0.2, 0) is 0 Å². The van der Waals surface area contributed by atoms with Crippen molar-refractivity contribution in [3.63, 3.8) is 0 Å². The molecule has 0 aliphatic rings. The number of halogens is 2. The lowest BCUT2D eigenvalue weighted by atomic mass is 10.7. The van der Waals surface area contributed by atoms with Crippen LogP contribution >= 0.6 is 38.3 Å². The number of rotatable bonds is 1. The van der Waals surface area contributed by atoms with Crippen LogP contribution in [0.5, 0.6) is 0 Å². The molecule has 0 unspecified atom stereocenters. The van der Waals surface area contributed by atoms with E-state index >= 15 is 0 Å². The van der Waals surface area contributed by atoms with Gasteiger partial charge in [-0.05, 0) is 28.1 Å². The lowest BCUT2D eigenvalue weighted by molar-refractivity contribution is 1.93. The average molecular weight is 256 g/mol. The van der Waals surface area contributed by atoms with Gasteiger partial charge in [-0.3, -0.25) is 0 Å². The fraction of sp³-hybridized carbons (Fsp3) is 0.333. The summed E-state index contributed by atoms with van der Waals surface area (Å²) in [5, 5.41) is 0. The van der Waals surface area contributed by atoms with Crippen molar-refractivity contribution in [2.24, 2.45) is 0 Å². The van der Waals surface area contributed by atoms with Crippen LogP contribution in [0, 0.1) is 0 Å². The maximum Gasteiger partial charge on any atom is 0.191 e. The van der Waals surface area contributed by atoms with E-state index in [1.54, 1.807) is 11.3 Å². The quantitative estimate of drug-likeness (QED) is 0.534. The molecule has 0 spiro atoms. The third-order valence-corrected chi connectivity index (χ3v) is 6.72. The van der Waals surface area contributed by atoms with Crippen LogP contribution in [0.1, 0.15) is 0 Å². The molecule has 0 atom stereocenters. The van der Waals surface area contributed by atoms with Gasteiger partial charge >= 0.3 is 0 Å². The van der Waals surface area contributed by atoms with Crippen LogP contribution in [-0.4, -0.2) is 7.38 Å². The van der Waals surface area contributed by atoms with Gasteiger partial charge in [0.15, 0.2) is 7.38 Å². The smallest absolute Gasteiger partial charge is 0.161 e. The van der Waals surface area contributed by atoms with E-state index in [2.05, 4.69) is 41.2 Å². The van der Waals surface area contributed by atoms with E-state index in [-0.39, 0.29) is 0 Å². The lowest BCUT2D eigenvalue weighted by Crippen LogP contribution is -2.31. The van der Waals surface area contributed by atoms with Gasteiger partial charge in [-0.1, -0.05) is 13.1 Å². The van der Waals surface area contributed by atoms with E-state index in [1.807, 2.05) is 0 Å². The van der Waals surface area contributed by atoms with Gasteiger partial charge in [0, 0.05) is 4.50 Å². The first-order valence-corrected chi connectivity index (χ1v) is 8.57. The van der Waals surface area contributed by atoms with Crippen molar-refractivity contribution < 1.29 is 0 Å². The van der Waals surface area contributed by atoms with Crippen molar-refractivity contribution in [3.8, 4) is 0 Å². The Morgan fingerprint density at radius 2 is 2.10 bits per heavy atom. The van der Waals surface area contributed by atoms with Crippen molar-refractivity contribution in [2.45, 2.75) is 13.1 Å². The van der Waals surface area contributed by atoms with Crippen LogP contribution < -0.4 is 4.50 Å². The molecule has 0 bridgehead atoms. The van der Waals surface area contributed by atoms with E-state index in [9.17, 15) is 0 Å². The standard InChI is InChI=1S/C6H8BrClSSi/c1-10(2,8)6-4-3-5(7)9-6/h3-4H,1-2H3. The molecule has 0 aliphatic carbocycles. The van der Waals surface area contributed by atoms with Crippen LogP contribution in [0.4, 0.5) is 0 Å². The third-order valence-electron chi connectivity index (χ3n) is 1.16. The average Bonchev–Trinajstić information content (AvgIpc) is 2.11. The first-order valence-electron chi connectivity index (χ1n) is 2.95. The van der Waals surface area contributed by atoms with Crippen LogP contribution in [0.25, 0.3) is 0 Å². The normalized spacial score (nSPS) is 12.0.